The highest BCUT2D eigenvalue weighted by molar-refractivity contribution is 6.29. The van der Waals surface area contributed by atoms with Gasteiger partial charge in [0.05, 0.1) is 12.8 Å². The molecule has 1 aromatic carbocycles. The van der Waals surface area contributed by atoms with Gasteiger partial charge in [-0.3, -0.25) is 4.79 Å². The minimum absolute atomic E-state index is 0.0228. The summed E-state index contributed by atoms with van der Waals surface area (Å²) in [6.45, 7) is 1.04. The molecule has 0 radical (unpaired) electrons. The number of methoxy groups -OCH3 is 1. The molecule has 1 atom stereocenters. The first kappa shape index (κ1) is 21.5. The van der Waals surface area contributed by atoms with Gasteiger partial charge in [-0.2, -0.15) is 14.4 Å². The number of nitrogens with zero attached hydrogens (tertiary/aromatic N) is 4. The monoisotopic (exact) mass is 466 g/mol. The second-order valence-corrected chi connectivity index (χ2v) is 7.61. The lowest BCUT2D eigenvalue weighted by molar-refractivity contribution is -0.424. The molecule has 3 heterocycles. The minimum atomic E-state index is -0.711. The van der Waals surface area contributed by atoms with Crippen LogP contribution >= 0.6 is 0 Å². The number of carbonyl (C=O) groups is 3. The lowest BCUT2D eigenvalue weighted by Crippen LogP contribution is -2.53. The second-order valence-electron chi connectivity index (χ2n) is 7.61. The molecule has 2 aliphatic heterocycles. The maximum atomic E-state index is 13.4. The molecule has 0 spiro atoms. The number of aryl methyl sites for hydroxylation is 1. The standard InChI is InChI=1S/C22H19N5O7/c1-12-23-20(34-25-12)10-27-21(29)13-7-17-18(33-11-32-17)8-15(13)26(22(27)30)9-19(28)24-14-5-3-4-6-16(14)31-2/h3-8,17H,9-11H2,1-2H3/p+1. The number of para-hydroxylation sites is 2. The summed E-state index contributed by atoms with van der Waals surface area (Å²) in [6, 6.07) is 6.19. The number of fused-ring (bicyclic) bond motifs is 2. The maximum absolute atomic E-state index is 13.4. The normalized spacial score (nSPS) is 19.2. The van der Waals surface area contributed by atoms with Gasteiger partial charge in [0, 0.05) is 6.08 Å². The van der Waals surface area contributed by atoms with E-state index in [1.165, 1.54) is 11.7 Å². The van der Waals surface area contributed by atoms with E-state index < -0.39 is 23.9 Å². The Bertz CT molecular complexity index is 1290. The molecule has 1 aromatic heterocycles. The number of amides is 4. The van der Waals surface area contributed by atoms with Crippen molar-refractivity contribution in [3.8, 4) is 5.75 Å². The third kappa shape index (κ3) is 3.83. The first-order chi connectivity index (χ1) is 16.4. The van der Waals surface area contributed by atoms with E-state index >= 15 is 0 Å². The van der Waals surface area contributed by atoms with Crippen LogP contribution in [0.2, 0.25) is 0 Å². The van der Waals surface area contributed by atoms with Crippen molar-refractivity contribution in [3.05, 3.63) is 59.5 Å². The van der Waals surface area contributed by atoms with E-state index in [0.717, 1.165) is 4.90 Å². The maximum Gasteiger partial charge on any atom is 0.502 e. The number of carbonyl (C=O) groups excluding carboxylic acids is 3. The average molecular weight is 466 g/mol. The van der Waals surface area contributed by atoms with Crippen molar-refractivity contribution >= 4 is 29.2 Å². The predicted molar refractivity (Wildman–Crippen MR) is 114 cm³/mol. The van der Waals surface area contributed by atoms with E-state index in [2.05, 4.69) is 15.5 Å². The highest BCUT2D eigenvalue weighted by Gasteiger charge is 2.48. The van der Waals surface area contributed by atoms with Crippen molar-refractivity contribution < 1.29 is 37.7 Å². The van der Waals surface area contributed by atoms with Crippen LogP contribution in [-0.2, 0) is 25.6 Å². The number of ether oxygens (including phenoxy) is 3. The van der Waals surface area contributed by atoms with Crippen LogP contribution in [0.25, 0.3) is 0 Å². The molecule has 5 rings (SSSR count). The number of allylic oxidation sites excluding steroid dienone is 1. The van der Waals surface area contributed by atoms with Gasteiger partial charge in [-0.05, 0) is 25.1 Å². The number of urea groups is 1. The summed E-state index contributed by atoms with van der Waals surface area (Å²) in [4.78, 5) is 44.6. The van der Waals surface area contributed by atoms with Crippen LogP contribution in [0.3, 0.4) is 0 Å². The van der Waals surface area contributed by atoms with Crippen molar-refractivity contribution in [2.45, 2.75) is 19.6 Å². The van der Waals surface area contributed by atoms with E-state index in [1.54, 1.807) is 43.3 Å². The Labute approximate surface area is 193 Å². The summed E-state index contributed by atoms with van der Waals surface area (Å²) >= 11 is 0. The predicted octanol–water partition coefficient (Wildman–Crippen LogP) is 1.14. The first-order valence-electron chi connectivity index (χ1n) is 10.3. The number of hydrogen-bond donors (Lipinski definition) is 1. The van der Waals surface area contributed by atoms with Gasteiger partial charge in [-0.1, -0.05) is 17.3 Å². The van der Waals surface area contributed by atoms with Gasteiger partial charge in [-0.25, -0.2) is 4.79 Å². The van der Waals surface area contributed by atoms with Crippen molar-refractivity contribution in [1.29, 1.82) is 0 Å². The molecule has 3 aliphatic rings. The van der Waals surface area contributed by atoms with Crippen molar-refractivity contribution in [2.75, 3.05) is 25.8 Å². The molecule has 1 unspecified atom stereocenters. The zero-order valence-electron chi connectivity index (χ0n) is 18.3. The van der Waals surface area contributed by atoms with Crippen molar-refractivity contribution in [1.82, 2.24) is 15.0 Å². The number of nitrogens with one attached hydrogen (secondary N) is 1. The summed E-state index contributed by atoms with van der Waals surface area (Å²) in [6.07, 6.45) is 2.57. The van der Waals surface area contributed by atoms with Crippen LogP contribution in [0.5, 0.6) is 5.75 Å². The van der Waals surface area contributed by atoms with E-state index in [1.807, 2.05) is 0 Å². The molecular formula is C22H20N5O7+. The Balaban J connectivity index is 1.49. The van der Waals surface area contributed by atoms with E-state index in [9.17, 15) is 14.4 Å². The van der Waals surface area contributed by atoms with Crippen molar-refractivity contribution in [2.24, 2.45) is 0 Å². The van der Waals surface area contributed by atoms with Gasteiger partial charge in [0.25, 0.3) is 11.8 Å². The quantitative estimate of drug-likeness (QED) is 0.622. The Morgan fingerprint density at radius 2 is 2.15 bits per heavy atom. The van der Waals surface area contributed by atoms with E-state index in [-0.39, 0.29) is 37.1 Å². The van der Waals surface area contributed by atoms with Crippen LogP contribution in [0.15, 0.2) is 52.3 Å². The second kappa shape index (κ2) is 8.56. The molecule has 1 saturated heterocycles. The molecule has 2 aromatic rings. The van der Waals surface area contributed by atoms with Gasteiger partial charge >= 0.3 is 11.9 Å². The summed E-state index contributed by atoms with van der Waals surface area (Å²) in [5.41, 5.74) is 0.907. The van der Waals surface area contributed by atoms with Crippen molar-refractivity contribution in [3.63, 3.8) is 0 Å². The zero-order chi connectivity index (χ0) is 23.8. The summed E-state index contributed by atoms with van der Waals surface area (Å²) in [5.74, 6) is 0.328. The third-order valence-electron chi connectivity index (χ3n) is 5.40. The third-order valence-corrected chi connectivity index (χ3v) is 5.40. The molecule has 4 amide bonds. The molecular weight excluding hydrogens is 446 g/mol. The fraction of sp³-hybridized carbons (Fsp3) is 0.273. The largest absolute Gasteiger partial charge is 0.502 e. The lowest BCUT2D eigenvalue weighted by atomic mass is 9.97. The molecule has 174 valence electrons. The van der Waals surface area contributed by atoms with E-state index in [0.29, 0.717) is 23.0 Å². The Morgan fingerprint density at radius 3 is 2.91 bits per heavy atom. The SMILES string of the molecule is COc1ccccc1NC(=O)C[N+]1=C2C=C3OCOC3C=C2C(=O)N(Cc2nc(C)no2)C1=O. The van der Waals surface area contributed by atoms with Crippen LogP contribution < -0.4 is 10.1 Å². The Kier molecular flexibility index (Phi) is 5.42. The molecule has 0 bridgehead atoms. The van der Waals surface area contributed by atoms with Gasteiger partial charge in [-0.15, -0.1) is 4.90 Å². The summed E-state index contributed by atoms with van der Waals surface area (Å²) < 4.78 is 22.5. The minimum Gasteiger partial charge on any atom is -0.495 e. The smallest absolute Gasteiger partial charge is 0.495 e. The van der Waals surface area contributed by atoms with Gasteiger partial charge in [0.1, 0.15) is 28.9 Å². The number of hydrogen-bond acceptors (Lipinski definition) is 9. The Hall–Kier alpha value is -4.32. The molecule has 34 heavy (non-hydrogen) atoms. The fourth-order valence-electron chi connectivity index (χ4n) is 3.84. The van der Waals surface area contributed by atoms with Gasteiger partial charge < -0.3 is 24.1 Å². The summed E-state index contributed by atoms with van der Waals surface area (Å²) in [5, 5.41) is 6.44. The number of rotatable bonds is 6. The van der Waals surface area contributed by atoms with Crippen LogP contribution in [0, 0.1) is 6.92 Å². The molecule has 12 nitrogen and oxygen atoms in total. The number of aromatic nitrogens is 2. The number of benzene rings is 1. The van der Waals surface area contributed by atoms with Gasteiger partial charge in [0.2, 0.25) is 0 Å². The Morgan fingerprint density at radius 1 is 1.32 bits per heavy atom. The fourth-order valence-corrected chi connectivity index (χ4v) is 3.84. The molecule has 0 saturated carbocycles. The van der Waals surface area contributed by atoms with Crippen LogP contribution in [0.1, 0.15) is 11.7 Å². The highest BCUT2D eigenvalue weighted by Crippen LogP contribution is 2.29. The number of anilines is 1. The van der Waals surface area contributed by atoms with E-state index in [4.69, 9.17) is 18.7 Å². The number of imide groups is 1. The topological polar surface area (TPSA) is 136 Å². The highest BCUT2D eigenvalue weighted by atomic mass is 16.7. The molecule has 1 aliphatic carbocycles. The van der Waals surface area contributed by atoms with Crippen LogP contribution in [-0.4, -0.2) is 69.7 Å². The summed E-state index contributed by atoms with van der Waals surface area (Å²) in [7, 11) is 1.49. The first-order valence-corrected chi connectivity index (χ1v) is 10.3. The molecule has 1 fully saturated rings. The van der Waals surface area contributed by atoms with Crippen LogP contribution in [0.4, 0.5) is 10.5 Å². The average Bonchev–Trinajstić information content (AvgIpc) is 3.47. The van der Waals surface area contributed by atoms with Gasteiger partial charge in [0.15, 0.2) is 25.7 Å². The lowest BCUT2D eigenvalue weighted by Gasteiger charge is -2.24. The molecule has 12 heteroatoms. The zero-order valence-corrected chi connectivity index (χ0v) is 18.3. The molecule has 1 N–H and O–H groups in total.